The minimum Gasteiger partial charge on any atom is -0.319 e. The topological polar surface area (TPSA) is 77.5 Å². The van der Waals surface area contributed by atoms with Crippen molar-refractivity contribution in [1.29, 1.82) is 0 Å². The van der Waals surface area contributed by atoms with Crippen molar-refractivity contribution in [2.24, 2.45) is 12.0 Å². The molecule has 0 unspecified atom stereocenters. The quantitative estimate of drug-likeness (QED) is 0.508. The summed E-state index contributed by atoms with van der Waals surface area (Å²) in [6, 6.07) is 6.44. The van der Waals surface area contributed by atoms with Gasteiger partial charge in [0.25, 0.3) is 5.91 Å². The zero-order valence-electron chi connectivity index (χ0n) is 12.1. The Morgan fingerprint density at radius 2 is 2.04 bits per heavy atom. The first-order valence-corrected chi connectivity index (χ1v) is 8.47. The molecule has 118 valence electrons. The number of hydrogen-bond donors (Lipinski definition) is 0. The molecule has 0 aliphatic carbocycles. The van der Waals surface area contributed by atoms with Crippen molar-refractivity contribution in [3.05, 3.63) is 54.6 Å². The van der Waals surface area contributed by atoms with Gasteiger partial charge in [-0.15, -0.1) is 0 Å². The number of fused-ring (bicyclic) bond motifs is 1. The van der Waals surface area contributed by atoms with Crippen LogP contribution in [0, 0.1) is 17.0 Å². The molecule has 0 radical (unpaired) electrons. The molecular weight excluding hydrogens is 358 g/mol. The second kappa shape index (κ2) is 5.88. The lowest BCUT2D eigenvalue weighted by Crippen LogP contribution is -2.13. The summed E-state index contributed by atoms with van der Waals surface area (Å²) >= 11 is 8.33. The van der Waals surface area contributed by atoms with Gasteiger partial charge in [0.2, 0.25) is 0 Å². The molecule has 9 heteroatoms. The lowest BCUT2D eigenvalue weighted by molar-refractivity contribution is -0.380. The molecule has 0 N–H and O–H groups in total. The summed E-state index contributed by atoms with van der Waals surface area (Å²) in [5.74, 6) is -0.501. The maximum atomic E-state index is 12.2. The van der Waals surface area contributed by atoms with Crippen molar-refractivity contribution >= 4 is 55.4 Å². The molecule has 0 aliphatic rings. The van der Waals surface area contributed by atoms with Gasteiger partial charge in [0, 0.05) is 13.1 Å². The van der Waals surface area contributed by atoms with Crippen LogP contribution in [-0.2, 0) is 7.05 Å². The van der Waals surface area contributed by atoms with Crippen LogP contribution in [0.25, 0.3) is 10.2 Å². The smallest absolute Gasteiger partial charge is 0.319 e. The van der Waals surface area contributed by atoms with Gasteiger partial charge in [0.15, 0.2) is 4.80 Å². The van der Waals surface area contributed by atoms with E-state index in [9.17, 15) is 14.9 Å². The summed E-state index contributed by atoms with van der Waals surface area (Å²) in [5, 5.41) is 11.2. The van der Waals surface area contributed by atoms with Gasteiger partial charge in [-0.3, -0.25) is 14.9 Å². The number of hydrogen-bond acceptors (Lipinski definition) is 5. The van der Waals surface area contributed by atoms with Crippen LogP contribution in [0.1, 0.15) is 15.2 Å². The number of benzene rings is 1. The van der Waals surface area contributed by atoms with Crippen LogP contribution in [0.15, 0.2) is 29.3 Å². The van der Waals surface area contributed by atoms with Crippen molar-refractivity contribution in [3.63, 3.8) is 0 Å². The summed E-state index contributed by atoms with van der Waals surface area (Å²) < 4.78 is 2.67. The Hall–Kier alpha value is -2.03. The zero-order valence-corrected chi connectivity index (χ0v) is 14.5. The van der Waals surface area contributed by atoms with Crippen molar-refractivity contribution in [1.82, 2.24) is 4.57 Å². The minimum atomic E-state index is -0.524. The van der Waals surface area contributed by atoms with Gasteiger partial charge in [-0.25, -0.2) is 0 Å². The largest absolute Gasteiger partial charge is 0.324 e. The molecule has 0 atom stereocenters. The highest BCUT2D eigenvalue weighted by molar-refractivity contribution is 7.17. The number of thiophene rings is 1. The van der Waals surface area contributed by atoms with E-state index in [1.165, 1.54) is 23.5 Å². The predicted octanol–water partition coefficient (Wildman–Crippen LogP) is 3.91. The van der Waals surface area contributed by atoms with E-state index in [0.29, 0.717) is 9.82 Å². The molecule has 0 bridgehead atoms. The SMILES string of the molecule is Cc1ccc(Cl)c2sc(=NC(=O)c3ccc([N+](=O)[O-])s3)n(C)c12. The number of aromatic nitrogens is 1. The molecule has 0 saturated heterocycles. The molecule has 3 rings (SSSR count). The summed E-state index contributed by atoms with van der Waals surface area (Å²) in [7, 11) is 1.81. The van der Waals surface area contributed by atoms with Crippen molar-refractivity contribution in [2.75, 3.05) is 0 Å². The van der Waals surface area contributed by atoms with E-state index >= 15 is 0 Å². The molecule has 3 aromatic rings. The maximum Gasteiger partial charge on any atom is 0.324 e. The van der Waals surface area contributed by atoms with E-state index < -0.39 is 10.8 Å². The first kappa shape index (κ1) is 15.9. The number of aryl methyl sites for hydroxylation is 2. The van der Waals surface area contributed by atoms with Gasteiger partial charge in [-0.05, 0) is 24.6 Å². The molecule has 0 fully saturated rings. The molecule has 2 heterocycles. The number of nitro groups is 1. The van der Waals surface area contributed by atoms with E-state index in [4.69, 9.17) is 11.6 Å². The fourth-order valence-electron chi connectivity index (χ4n) is 2.19. The first-order valence-electron chi connectivity index (χ1n) is 6.46. The summed E-state index contributed by atoms with van der Waals surface area (Å²) in [4.78, 5) is 27.2. The van der Waals surface area contributed by atoms with E-state index in [1.54, 1.807) is 4.57 Å². The highest BCUT2D eigenvalue weighted by Crippen LogP contribution is 2.28. The van der Waals surface area contributed by atoms with Crippen molar-refractivity contribution in [3.8, 4) is 0 Å². The molecular formula is C14H10ClN3O3S2. The predicted molar refractivity (Wildman–Crippen MR) is 91.4 cm³/mol. The normalized spacial score (nSPS) is 12.0. The monoisotopic (exact) mass is 367 g/mol. The van der Waals surface area contributed by atoms with Crippen molar-refractivity contribution in [2.45, 2.75) is 6.92 Å². The average molecular weight is 368 g/mol. The molecule has 1 amide bonds. The molecule has 6 nitrogen and oxygen atoms in total. The Bertz CT molecular complexity index is 1020. The Labute approximate surface area is 143 Å². The molecule has 0 aliphatic heterocycles. The highest BCUT2D eigenvalue weighted by atomic mass is 35.5. The molecule has 0 spiro atoms. The lowest BCUT2D eigenvalue weighted by atomic mass is 10.2. The van der Waals surface area contributed by atoms with Crippen LogP contribution < -0.4 is 4.80 Å². The Morgan fingerprint density at radius 1 is 1.30 bits per heavy atom. The third-order valence-corrected chi connectivity index (χ3v) is 5.90. The van der Waals surface area contributed by atoms with E-state index in [1.807, 2.05) is 26.1 Å². The Kier molecular flexibility index (Phi) is 4.05. The number of carbonyl (C=O) groups is 1. The lowest BCUT2D eigenvalue weighted by Gasteiger charge is -2.00. The summed E-state index contributed by atoms with van der Waals surface area (Å²) in [6.45, 7) is 1.96. The van der Waals surface area contributed by atoms with Crippen LogP contribution in [0.3, 0.4) is 0 Å². The number of amides is 1. The standard InChI is InChI=1S/C14H10ClN3O3S2/c1-7-3-4-8(15)12-11(7)17(2)14(23-12)16-13(19)9-5-6-10(22-9)18(20)21/h3-6H,1-2H3. The molecule has 2 aromatic heterocycles. The van der Waals surface area contributed by atoms with Gasteiger partial charge in [0.1, 0.15) is 4.88 Å². The van der Waals surface area contributed by atoms with Gasteiger partial charge in [0.05, 0.1) is 20.2 Å². The zero-order chi connectivity index (χ0) is 16.7. The number of carbonyl (C=O) groups excluding carboxylic acids is 1. The van der Waals surface area contributed by atoms with Gasteiger partial charge >= 0.3 is 5.00 Å². The first-order chi connectivity index (χ1) is 10.9. The Balaban J connectivity index is 2.12. The molecule has 23 heavy (non-hydrogen) atoms. The fourth-order valence-corrected chi connectivity index (χ4v) is 4.27. The second-order valence-electron chi connectivity index (χ2n) is 4.80. The van der Waals surface area contributed by atoms with Crippen LogP contribution in [0.5, 0.6) is 0 Å². The van der Waals surface area contributed by atoms with Gasteiger partial charge in [-0.1, -0.05) is 40.3 Å². The van der Waals surface area contributed by atoms with E-state index in [0.717, 1.165) is 27.1 Å². The maximum absolute atomic E-state index is 12.2. The third kappa shape index (κ3) is 2.80. The van der Waals surface area contributed by atoms with Crippen LogP contribution >= 0.6 is 34.3 Å². The second-order valence-corrected chi connectivity index (χ2v) is 7.24. The fraction of sp³-hybridized carbons (Fsp3) is 0.143. The van der Waals surface area contributed by atoms with E-state index in [-0.39, 0.29) is 9.88 Å². The van der Waals surface area contributed by atoms with Gasteiger partial charge < -0.3 is 4.57 Å². The third-order valence-electron chi connectivity index (χ3n) is 3.28. The van der Waals surface area contributed by atoms with Gasteiger partial charge in [-0.2, -0.15) is 4.99 Å². The van der Waals surface area contributed by atoms with Crippen LogP contribution in [-0.4, -0.2) is 15.4 Å². The van der Waals surface area contributed by atoms with Crippen molar-refractivity contribution < 1.29 is 9.72 Å². The Morgan fingerprint density at radius 3 is 2.65 bits per heavy atom. The van der Waals surface area contributed by atoms with E-state index in [2.05, 4.69) is 4.99 Å². The number of thiazole rings is 1. The minimum absolute atomic E-state index is 0.0804. The number of halogens is 1. The van der Waals surface area contributed by atoms with Crippen LogP contribution in [0.4, 0.5) is 5.00 Å². The summed E-state index contributed by atoms with van der Waals surface area (Å²) in [6.07, 6.45) is 0. The summed E-state index contributed by atoms with van der Waals surface area (Å²) in [5.41, 5.74) is 1.95. The van der Waals surface area contributed by atoms with Crippen LogP contribution in [0.2, 0.25) is 5.02 Å². The average Bonchev–Trinajstić information content (AvgIpc) is 3.10. The molecule has 0 saturated carbocycles. The number of rotatable bonds is 2. The highest BCUT2D eigenvalue weighted by Gasteiger charge is 2.16. The number of nitrogens with zero attached hydrogens (tertiary/aromatic N) is 3. The molecule has 1 aromatic carbocycles.